The summed E-state index contributed by atoms with van der Waals surface area (Å²) in [5.74, 6) is -0.818. The van der Waals surface area contributed by atoms with Crippen molar-refractivity contribution in [3.8, 4) is 0 Å². The molecule has 0 unspecified atom stereocenters. The summed E-state index contributed by atoms with van der Waals surface area (Å²) in [5, 5.41) is 2.66. The van der Waals surface area contributed by atoms with E-state index in [-0.39, 0.29) is 5.91 Å². The van der Waals surface area contributed by atoms with Crippen LogP contribution in [0.25, 0.3) is 0 Å². The zero-order valence-corrected chi connectivity index (χ0v) is 13.7. The number of nitrogens with one attached hydrogen (secondary N) is 1. The van der Waals surface area contributed by atoms with E-state index in [2.05, 4.69) is 37.2 Å². The summed E-state index contributed by atoms with van der Waals surface area (Å²) in [5.41, 5.74) is 7.63. The van der Waals surface area contributed by atoms with E-state index in [9.17, 15) is 9.18 Å². The zero-order chi connectivity index (χ0) is 14.9. The second-order valence-corrected chi connectivity index (χ2v) is 6.04. The Kier molecular flexibility index (Phi) is 4.45. The summed E-state index contributed by atoms with van der Waals surface area (Å²) in [7, 11) is 0. The summed E-state index contributed by atoms with van der Waals surface area (Å²) >= 11 is 6.38. The number of hydrogen-bond acceptors (Lipinski definition) is 2. The van der Waals surface area contributed by atoms with Gasteiger partial charge in [-0.2, -0.15) is 0 Å². The minimum Gasteiger partial charge on any atom is -0.398 e. The summed E-state index contributed by atoms with van der Waals surface area (Å²) in [6, 6.07) is 7.88. The lowest BCUT2D eigenvalue weighted by Gasteiger charge is -2.11. The Bertz CT molecular complexity index is 689. The van der Waals surface area contributed by atoms with Crippen molar-refractivity contribution in [1.29, 1.82) is 0 Å². The molecule has 20 heavy (non-hydrogen) atoms. The molecule has 3 nitrogen and oxygen atoms in total. The number of amides is 1. The second-order valence-electron chi connectivity index (χ2n) is 4.27. The number of rotatable bonds is 2. The fraction of sp³-hybridized carbons (Fsp3) is 0.0714. The summed E-state index contributed by atoms with van der Waals surface area (Å²) < 4.78 is 14.6. The lowest BCUT2D eigenvalue weighted by Crippen LogP contribution is -2.15. The van der Waals surface area contributed by atoms with Crippen LogP contribution in [-0.2, 0) is 0 Å². The molecule has 0 fully saturated rings. The SMILES string of the molecule is Cc1cc(Br)c(F)cc1NC(=O)c1cc(Br)ccc1N. The van der Waals surface area contributed by atoms with Crippen molar-refractivity contribution in [3.05, 3.63) is 56.2 Å². The Balaban J connectivity index is 2.32. The molecule has 0 heterocycles. The van der Waals surface area contributed by atoms with E-state index in [1.165, 1.54) is 6.07 Å². The van der Waals surface area contributed by atoms with Gasteiger partial charge in [-0.15, -0.1) is 0 Å². The molecule has 2 aromatic carbocycles. The number of aryl methyl sites for hydroxylation is 1. The van der Waals surface area contributed by atoms with Crippen molar-refractivity contribution in [3.63, 3.8) is 0 Å². The Morgan fingerprint density at radius 1 is 1.25 bits per heavy atom. The number of carbonyl (C=O) groups excluding carboxylic acids is 1. The van der Waals surface area contributed by atoms with Crippen LogP contribution in [0.4, 0.5) is 15.8 Å². The average Bonchev–Trinajstić information content (AvgIpc) is 2.38. The molecule has 0 aromatic heterocycles. The molecular weight excluding hydrogens is 391 g/mol. The van der Waals surface area contributed by atoms with E-state index in [0.717, 1.165) is 10.0 Å². The fourth-order valence-corrected chi connectivity index (χ4v) is 2.51. The molecule has 0 aliphatic carbocycles. The topological polar surface area (TPSA) is 55.1 Å². The van der Waals surface area contributed by atoms with E-state index in [1.807, 2.05) is 0 Å². The molecule has 0 saturated heterocycles. The number of anilines is 2. The van der Waals surface area contributed by atoms with E-state index < -0.39 is 5.82 Å². The summed E-state index contributed by atoms with van der Waals surface area (Å²) in [6.07, 6.45) is 0. The molecule has 0 spiro atoms. The molecule has 6 heteroatoms. The number of nitrogens with two attached hydrogens (primary N) is 1. The van der Waals surface area contributed by atoms with Gasteiger partial charge in [0.1, 0.15) is 5.82 Å². The minimum absolute atomic E-state index is 0.335. The first-order valence-corrected chi connectivity index (χ1v) is 7.29. The molecule has 0 radical (unpaired) electrons. The number of carbonyl (C=O) groups is 1. The lowest BCUT2D eigenvalue weighted by atomic mass is 10.1. The van der Waals surface area contributed by atoms with Crippen molar-refractivity contribution >= 4 is 49.1 Å². The fourth-order valence-electron chi connectivity index (χ4n) is 1.70. The monoisotopic (exact) mass is 400 g/mol. The first kappa shape index (κ1) is 15.0. The van der Waals surface area contributed by atoms with E-state index in [1.54, 1.807) is 31.2 Å². The number of benzene rings is 2. The highest BCUT2D eigenvalue weighted by atomic mass is 79.9. The van der Waals surface area contributed by atoms with E-state index in [0.29, 0.717) is 21.4 Å². The molecule has 0 atom stereocenters. The third kappa shape index (κ3) is 3.19. The van der Waals surface area contributed by atoms with Gasteiger partial charge in [-0.05, 0) is 58.7 Å². The van der Waals surface area contributed by atoms with Crippen molar-refractivity contribution in [2.45, 2.75) is 6.92 Å². The first-order chi connectivity index (χ1) is 9.38. The Hall–Kier alpha value is -1.40. The highest BCUT2D eigenvalue weighted by Gasteiger charge is 2.13. The third-order valence-electron chi connectivity index (χ3n) is 2.78. The van der Waals surface area contributed by atoms with Gasteiger partial charge in [-0.25, -0.2) is 4.39 Å². The maximum Gasteiger partial charge on any atom is 0.257 e. The van der Waals surface area contributed by atoms with Crippen LogP contribution in [0.5, 0.6) is 0 Å². The van der Waals surface area contributed by atoms with Gasteiger partial charge in [0.15, 0.2) is 0 Å². The zero-order valence-electron chi connectivity index (χ0n) is 10.5. The van der Waals surface area contributed by atoms with Crippen LogP contribution in [0.15, 0.2) is 39.3 Å². The third-order valence-corrected chi connectivity index (χ3v) is 3.88. The quantitative estimate of drug-likeness (QED) is 0.728. The summed E-state index contributed by atoms with van der Waals surface area (Å²) in [6.45, 7) is 1.78. The summed E-state index contributed by atoms with van der Waals surface area (Å²) in [4.78, 5) is 12.2. The molecule has 2 rings (SSSR count). The maximum atomic E-state index is 13.5. The van der Waals surface area contributed by atoms with Crippen molar-refractivity contribution in [1.82, 2.24) is 0 Å². The molecule has 0 aliphatic rings. The van der Waals surface area contributed by atoms with Crippen LogP contribution in [0.3, 0.4) is 0 Å². The minimum atomic E-state index is -0.437. The predicted octanol–water partition coefficient (Wildman–Crippen LogP) is 4.49. The average molecular weight is 402 g/mol. The van der Waals surface area contributed by atoms with Crippen LogP contribution < -0.4 is 11.1 Å². The van der Waals surface area contributed by atoms with Crippen molar-refractivity contribution in [2.24, 2.45) is 0 Å². The van der Waals surface area contributed by atoms with Crippen LogP contribution in [0.2, 0.25) is 0 Å². The maximum absolute atomic E-state index is 13.5. The smallest absolute Gasteiger partial charge is 0.257 e. The largest absolute Gasteiger partial charge is 0.398 e. The molecular formula is C14H11Br2FN2O. The van der Waals surface area contributed by atoms with Crippen LogP contribution in [-0.4, -0.2) is 5.91 Å². The molecule has 3 N–H and O–H groups in total. The lowest BCUT2D eigenvalue weighted by molar-refractivity contribution is 0.102. The predicted molar refractivity (Wildman–Crippen MR) is 85.3 cm³/mol. The van der Waals surface area contributed by atoms with Crippen molar-refractivity contribution < 1.29 is 9.18 Å². The number of hydrogen-bond donors (Lipinski definition) is 2. The molecule has 1 amide bonds. The van der Waals surface area contributed by atoms with Crippen LogP contribution >= 0.6 is 31.9 Å². The highest BCUT2D eigenvalue weighted by molar-refractivity contribution is 9.10. The Morgan fingerprint density at radius 2 is 1.95 bits per heavy atom. The van der Waals surface area contributed by atoms with Crippen LogP contribution in [0, 0.1) is 12.7 Å². The normalized spacial score (nSPS) is 10.4. The molecule has 104 valence electrons. The van der Waals surface area contributed by atoms with E-state index in [4.69, 9.17) is 5.73 Å². The first-order valence-electron chi connectivity index (χ1n) is 5.70. The number of halogens is 3. The van der Waals surface area contributed by atoms with Crippen molar-refractivity contribution in [2.75, 3.05) is 11.1 Å². The molecule has 0 aliphatic heterocycles. The highest BCUT2D eigenvalue weighted by Crippen LogP contribution is 2.25. The Morgan fingerprint density at radius 3 is 2.65 bits per heavy atom. The van der Waals surface area contributed by atoms with Gasteiger partial charge in [0.25, 0.3) is 5.91 Å². The molecule has 0 saturated carbocycles. The Labute approximate surface area is 132 Å². The van der Waals surface area contributed by atoms with E-state index >= 15 is 0 Å². The van der Waals surface area contributed by atoms with Gasteiger partial charge in [-0.1, -0.05) is 15.9 Å². The van der Waals surface area contributed by atoms with Gasteiger partial charge in [0.05, 0.1) is 10.0 Å². The van der Waals surface area contributed by atoms with Gasteiger partial charge in [0.2, 0.25) is 0 Å². The second kappa shape index (κ2) is 5.93. The van der Waals surface area contributed by atoms with Gasteiger partial charge in [0, 0.05) is 15.8 Å². The molecule has 2 aromatic rings. The standard InChI is InChI=1S/C14H11Br2FN2O/c1-7-4-10(16)11(17)6-13(7)19-14(20)9-5-8(15)2-3-12(9)18/h2-6H,18H2,1H3,(H,19,20). The number of nitrogen functional groups attached to an aromatic ring is 1. The van der Waals surface area contributed by atoms with Gasteiger partial charge < -0.3 is 11.1 Å². The van der Waals surface area contributed by atoms with Gasteiger partial charge >= 0.3 is 0 Å². The molecule has 0 bridgehead atoms. The van der Waals surface area contributed by atoms with Crippen LogP contribution in [0.1, 0.15) is 15.9 Å². The van der Waals surface area contributed by atoms with Gasteiger partial charge in [-0.3, -0.25) is 4.79 Å².